The molecule has 0 radical (unpaired) electrons. The first-order chi connectivity index (χ1) is 9.60. The molecule has 9 heteroatoms. The van der Waals surface area contributed by atoms with Crippen molar-refractivity contribution in [2.45, 2.75) is 31.4 Å². The van der Waals surface area contributed by atoms with Crippen molar-refractivity contribution in [2.24, 2.45) is 5.14 Å². The molecule has 0 fully saturated rings. The second kappa shape index (κ2) is 7.32. The van der Waals surface area contributed by atoms with Gasteiger partial charge in [0.2, 0.25) is 20.0 Å². The summed E-state index contributed by atoms with van der Waals surface area (Å²) in [6.45, 7) is 3.73. The Kier molecular flexibility index (Phi) is 6.29. The molecule has 1 aromatic rings. The minimum Gasteiger partial charge on any atom is -0.378 e. The molecular formula is C12H20N2O5S2. The largest absolute Gasteiger partial charge is 0.378 e. The van der Waals surface area contributed by atoms with Crippen molar-refractivity contribution >= 4 is 20.0 Å². The molecule has 0 aliphatic heterocycles. The zero-order chi connectivity index (χ0) is 16.1. The minimum atomic E-state index is -3.80. The Morgan fingerprint density at radius 3 is 2.48 bits per heavy atom. The summed E-state index contributed by atoms with van der Waals surface area (Å²) in [7, 11) is -7.28. The molecule has 0 aliphatic carbocycles. The lowest BCUT2D eigenvalue weighted by Crippen LogP contribution is -2.28. The zero-order valence-corrected chi connectivity index (χ0v) is 13.6. The molecular weight excluding hydrogens is 316 g/mol. The molecule has 0 bridgehead atoms. The molecule has 0 saturated carbocycles. The van der Waals surface area contributed by atoms with E-state index in [1.807, 2.05) is 13.8 Å². The first kappa shape index (κ1) is 18.1. The van der Waals surface area contributed by atoms with Crippen LogP contribution in [-0.2, 0) is 31.3 Å². The topological polar surface area (TPSA) is 116 Å². The van der Waals surface area contributed by atoms with Crippen LogP contribution in [0.1, 0.15) is 19.4 Å². The number of hydrogen-bond acceptors (Lipinski definition) is 5. The number of nitrogens with two attached hydrogens (primary N) is 1. The zero-order valence-electron chi connectivity index (χ0n) is 11.9. The predicted molar refractivity (Wildman–Crippen MR) is 79.5 cm³/mol. The van der Waals surface area contributed by atoms with Gasteiger partial charge in [0.05, 0.1) is 23.4 Å². The second-order valence-corrected chi connectivity index (χ2v) is 8.24. The Hall–Kier alpha value is -1.00. The van der Waals surface area contributed by atoms with Crippen LogP contribution in [0.3, 0.4) is 0 Å². The van der Waals surface area contributed by atoms with Crippen molar-refractivity contribution in [3.8, 4) is 0 Å². The normalized spacial score (nSPS) is 12.8. The van der Waals surface area contributed by atoms with Crippen molar-refractivity contribution in [1.82, 2.24) is 4.72 Å². The van der Waals surface area contributed by atoms with Gasteiger partial charge in [-0.2, -0.15) is 0 Å². The average Bonchev–Trinajstić information content (AvgIpc) is 2.35. The molecule has 0 saturated heterocycles. The van der Waals surface area contributed by atoms with Crippen molar-refractivity contribution < 1.29 is 21.6 Å². The molecule has 21 heavy (non-hydrogen) atoms. The Balaban J connectivity index is 2.63. The molecule has 0 amide bonds. The van der Waals surface area contributed by atoms with Gasteiger partial charge in [-0.1, -0.05) is 12.1 Å². The number of benzene rings is 1. The summed E-state index contributed by atoms with van der Waals surface area (Å²) < 4.78 is 53.5. The van der Waals surface area contributed by atoms with Gasteiger partial charge in [0.25, 0.3) is 0 Å². The monoisotopic (exact) mass is 336 g/mol. The molecule has 0 aromatic heterocycles. The van der Waals surface area contributed by atoms with Crippen LogP contribution in [0.25, 0.3) is 0 Å². The average molecular weight is 336 g/mol. The van der Waals surface area contributed by atoms with Crippen molar-refractivity contribution in [3.63, 3.8) is 0 Å². The van der Waals surface area contributed by atoms with Crippen LogP contribution in [0.15, 0.2) is 29.2 Å². The van der Waals surface area contributed by atoms with E-state index in [0.717, 1.165) is 0 Å². The standard InChI is InChI=1S/C12H20N2O5S2/c1-10(2)19-6-7-20(15,16)14-9-11-4-3-5-12(8-11)21(13,17)18/h3-5,8,10,14H,6-7,9H2,1-2H3,(H2,13,17,18). The Bertz CT molecular complexity index is 669. The highest BCUT2D eigenvalue weighted by molar-refractivity contribution is 7.89. The lowest BCUT2D eigenvalue weighted by atomic mass is 10.2. The summed E-state index contributed by atoms with van der Waals surface area (Å²) in [5.41, 5.74) is 0.509. The van der Waals surface area contributed by atoms with E-state index in [1.54, 1.807) is 6.07 Å². The van der Waals surface area contributed by atoms with Crippen LogP contribution in [0, 0.1) is 0 Å². The quantitative estimate of drug-likeness (QED) is 0.702. The van der Waals surface area contributed by atoms with Gasteiger partial charge in [0.15, 0.2) is 0 Å². The summed E-state index contributed by atoms with van der Waals surface area (Å²) >= 11 is 0. The fourth-order valence-corrected chi connectivity index (χ4v) is 2.92. The molecule has 3 N–H and O–H groups in total. The van der Waals surface area contributed by atoms with Gasteiger partial charge in [0.1, 0.15) is 0 Å². The molecule has 0 spiro atoms. The number of nitrogens with one attached hydrogen (secondary N) is 1. The van der Waals surface area contributed by atoms with Crippen LogP contribution in [0.4, 0.5) is 0 Å². The van der Waals surface area contributed by atoms with E-state index in [-0.39, 0.29) is 29.9 Å². The van der Waals surface area contributed by atoms with Crippen LogP contribution < -0.4 is 9.86 Å². The van der Waals surface area contributed by atoms with Crippen molar-refractivity contribution in [1.29, 1.82) is 0 Å². The Labute approximate surface area is 125 Å². The fourth-order valence-electron chi connectivity index (χ4n) is 1.49. The smallest absolute Gasteiger partial charge is 0.238 e. The van der Waals surface area contributed by atoms with E-state index in [2.05, 4.69) is 4.72 Å². The summed E-state index contributed by atoms with van der Waals surface area (Å²) in [5, 5.41) is 5.02. The van der Waals surface area contributed by atoms with Crippen molar-refractivity contribution in [3.05, 3.63) is 29.8 Å². The number of sulfonamides is 2. The first-order valence-electron chi connectivity index (χ1n) is 6.31. The highest BCUT2D eigenvalue weighted by Gasteiger charge is 2.12. The van der Waals surface area contributed by atoms with Gasteiger partial charge in [-0.05, 0) is 31.5 Å². The summed E-state index contributed by atoms with van der Waals surface area (Å²) in [6, 6.07) is 5.80. The highest BCUT2D eigenvalue weighted by atomic mass is 32.2. The first-order valence-corrected chi connectivity index (χ1v) is 9.51. The van der Waals surface area contributed by atoms with Crippen LogP contribution in [-0.4, -0.2) is 35.3 Å². The van der Waals surface area contributed by atoms with Gasteiger partial charge < -0.3 is 4.74 Å². The number of rotatable bonds is 8. The number of hydrogen-bond donors (Lipinski definition) is 2. The van der Waals surface area contributed by atoms with Crippen LogP contribution >= 0.6 is 0 Å². The van der Waals surface area contributed by atoms with E-state index in [1.165, 1.54) is 18.2 Å². The summed E-state index contributed by atoms with van der Waals surface area (Å²) in [6.07, 6.45) is -0.0355. The molecule has 120 valence electrons. The molecule has 0 atom stereocenters. The Morgan fingerprint density at radius 1 is 1.24 bits per heavy atom. The van der Waals surface area contributed by atoms with Gasteiger partial charge in [-0.3, -0.25) is 0 Å². The van der Waals surface area contributed by atoms with Gasteiger partial charge in [-0.15, -0.1) is 0 Å². The van der Waals surface area contributed by atoms with E-state index in [0.29, 0.717) is 5.56 Å². The molecule has 0 heterocycles. The minimum absolute atomic E-state index is 0.00658. The van der Waals surface area contributed by atoms with Crippen LogP contribution in [0.2, 0.25) is 0 Å². The van der Waals surface area contributed by atoms with E-state index in [4.69, 9.17) is 9.88 Å². The molecule has 1 rings (SSSR count). The lowest BCUT2D eigenvalue weighted by Gasteiger charge is -2.09. The number of primary sulfonamides is 1. The molecule has 1 aromatic carbocycles. The van der Waals surface area contributed by atoms with Crippen LogP contribution in [0.5, 0.6) is 0 Å². The second-order valence-electron chi connectivity index (χ2n) is 4.75. The molecule has 0 aliphatic rings. The van der Waals surface area contributed by atoms with E-state index in [9.17, 15) is 16.8 Å². The summed E-state index contributed by atoms with van der Waals surface area (Å²) in [4.78, 5) is -0.0534. The maximum atomic E-state index is 11.7. The maximum absolute atomic E-state index is 11.7. The van der Waals surface area contributed by atoms with E-state index >= 15 is 0 Å². The summed E-state index contributed by atoms with van der Waals surface area (Å²) in [5.74, 6) is -0.153. The van der Waals surface area contributed by atoms with Gasteiger partial charge in [0, 0.05) is 6.54 Å². The number of ether oxygens (including phenoxy) is 1. The third kappa shape index (κ3) is 7.00. The predicted octanol–water partition coefficient (Wildman–Crippen LogP) is 0.178. The lowest BCUT2D eigenvalue weighted by molar-refractivity contribution is 0.0911. The van der Waals surface area contributed by atoms with Crippen molar-refractivity contribution in [2.75, 3.05) is 12.4 Å². The fraction of sp³-hybridized carbons (Fsp3) is 0.500. The van der Waals surface area contributed by atoms with Gasteiger partial charge >= 0.3 is 0 Å². The third-order valence-electron chi connectivity index (χ3n) is 2.53. The maximum Gasteiger partial charge on any atom is 0.238 e. The SMILES string of the molecule is CC(C)OCCS(=O)(=O)NCc1cccc(S(N)(=O)=O)c1. The van der Waals surface area contributed by atoms with Gasteiger partial charge in [-0.25, -0.2) is 26.7 Å². The highest BCUT2D eigenvalue weighted by Crippen LogP contribution is 2.09. The third-order valence-corrected chi connectivity index (χ3v) is 4.73. The molecule has 0 unspecified atom stereocenters. The Morgan fingerprint density at radius 2 is 1.90 bits per heavy atom. The molecule has 7 nitrogen and oxygen atoms in total. The van der Waals surface area contributed by atoms with E-state index < -0.39 is 20.0 Å².